The molecule has 1 aromatic rings. The van der Waals surface area contributed by atoms with Gasteiger partial charge < -0.3 is 20.1 Å². The molecule has 2 atom stereocenters. The average Bonchev–Trinajstić information content (AvgIpc) is 2.55. The van der Waals surface area contributed by atoms with E-state index in [1.54, 1.807) is 26.1 Å². The van der Waals surface area contributed by atoms with Gasteiger partial charge in [0.25, 0.3) is 0 Å². The molecule has 1 fully saturated rings. The molecule has 1 aromatic heterocycles. The van der Waals surface area contributed by atoms with Gasteiger partial charge in [-0.15, -0.1) is 0 Å². The summed E-state index contributed by atoms with van der Waals surface area (Å²) in [6.07, 6.45) is -0.718. The molecule has 0 unspecified atom stereocenters. The number of likely N-dealkylation sites (tertiary alicyclic amines) is 1. The third kappa shape index (κ3) is 4.80. The van der Waals surface area contributed by atoms with E-state index in [0.29, 0.717) is 5.88 Å². The summed E-state index contributed by atoms with van der Waals surface area (Å²) < 4.78 is 19.8. The van der Waals surface area contributed by atoms with Crippen molar-refractivity contribution in [1.29, 1.82) is 0 Å². The van der Waals surface area contributed by atoms with E-state index < -0.39 is 23.7 Å². The van der Waals surface area contributed by atoms with Gasteiger partial charge in [0.2, 0.25) is 11.8 Å². The fraction of sp³-hybridized carbons (Fsp3) is 0.588. The van der Waals surface area contributed by atoms with E-state index in [1.807, 2.05) is 13.0 Å². The molecular weight excluding hydrogens is 329 g/mol. The van der Waals surface area contributed by atoms with E-state index in [2.05, 4.69) is 10.3 Å². The van der Waals surface area contributed by atoms with Crippen molar-refractivity contribution >= 4 is 12.0 Å². The monoisotopic (exact) mass is 353 g/mol. The number of hydrogen-bond donors (Lipinski definition) is 2. The van der Waals surface area contributed by atoms with Crippen molar-refractivity contribution in [3.05, 3.63) is 23.9 Å². The standard InChI is InChI=1S/C17H24FN3O4/c1-11-5-4-7-19-14(11)25-10-17(2,3)15(22)20-13-6-8-21(16(23)24)9-12(13)18/h4-5,7,12-13H,6,8-10H2,1-3H3,(H,20,22)(H,23,24)/t12-,13-/m0/s1. The summed E-state index contributed by atoms with van der Waals surface area (Å²) in [4.78, 5) is 28.5. The summed E-state index contributed by atoms with van der Waals surface area (Å²) in [5.74, 6) is 0.124. The molecule has 2 amide bonds. The van der Waals surface area contributed by atoms with Crippen molar-refractivity contribution in [2.75, 3.05) is 19.7 Å². The molecule has 2 heterocycles. The molecule has 0 radical (unpaired) electrons. The van der Waals surface area contributed by atoms with E-state index in [-0.39, 0.29) is 32.0 Å². The second kappa shape index (κ2) is 7.67. The maximum absolute atomic E-state index is 14.1. The van der Waals surface area contributed by atoms with Crippen molar-refractivity contribution in [3.63, 3.8) is 0 Å². The number of rotatable bonds is 5. The first-order chi connectivity index (χ1) is 11.7. The van der Waals surface area contributed by atoms with Gasteiger partial charge in [-0.2, -0.15) is 0 Å². The van der Waals surface area contributed by atoms with E-state index in [1.165, 1.54) is 0 Å². The van der Waals surface area contributed by atoms with Gasteiger partial charge in [-0.1, -0.05) is 6.07 Å². The van der Waals surface area contributed by atoms with Gasteiger partial charge in [0.05, 0.1) is 18.0 Å². The molecule has 2 N–H and O–H groups in total. The first kappa shape index (κ1) is 19.0. The highest BCUT2D eigenvalue weighted by molar-refractivity contribution is 5.82. The number of amides is 2. The maximum atomic E-state index is 14.1. The number of pyridine rings is 1. The quantitative estimate of drug-likeness (QED) is 0.845. The van der Waals surface area contributed by atoms with Crippen LogP contribution in [0.4, 0.5) is 9.18 Å². The zero-order valence-corrected chi connectivity index (χ0v) is 14.7. The summed E-state index contributed by atoms with van der Waals surface area (Å²) >= 11 is 0. The number of carboxylic acid groups (broad SMARTS) is 1. The van der Waals surface area contributed by atoms with Crippen LogP contribution in [0.25, 0.3) is 0 Å². The summed E-state index contributed by atoms with van der Waals surface area (Å²) in [6.45, 7) is 5.34. The Labute approximate surface area is 146 Å². The number of carbonyl (C=O) groups excluding carboxylic acids is 1. The summed E-state index contributed by atoms with van der Waals surface area (Å²) in [6, 6.07) is 2.96. The predicted octanol–water partition coefficient (Wildman–Crippen LogP) is 2.00. The second-order valence-corrected chi connectivity index (χ2v) is 6.91. The highest BCUT2D eigenvalue weighted by Crippen LogP contribution is 2.22. The Morgan fingerprint density at radius 3 is 2.84 bits per heavy atom. The second-order valence-electron chi connectivity index (χ2n) is 6.91. The lowest BCUT2D eigenvalue weighted by molar-refractivity contribution is -0.132. The van der Waals surface area contributed by atoms with Crippen molar-refractivity contribution in [2.24, 2.45) is 5.41 Å². The van der Waals surface area contributed by atoms with Gasteiger partial charge in [0.1, 0.15) is 12.8 Å². The van der Waals surface area contributed by atoms with Crippen LogP contribution in [0, 0.1) is 12.3 Å². The van der Waals surface area contributed by atoms with Gasteiger partial charge in [-0.05, 0) is 33.3 Å². The minimum Gasteiger partial charge on any atom is -0.476 e. The Hall–Kier alpha value is -2.38. The molecule has 2 rings (SSSR count). The van der Waals surface area contributed by atoms with Crippen LogP contribution in [0.15, 0.2) is 18.3 Å². The molecule has 138 valence electrons. The van der Waals surface area contributed by atoms with Crippen molar-refractivity contribution in [2.45, 2.75) is 39.4 Å². The smallest absolute Gasteiger partial charge is 0.407 e. The zero-order chi connectivity index (χ0) is 18.6. The van der Waals surface area contributed by atoms with E-state index in [4.69, 9.17) is 9.84 Å². The van der Waals surface area contributed by atoms with Gasteiger partial charge in [-0.3, -0.25) is 4.79 Å². The van der Waals surface area contributed by atoms with Crippen LogP contribution in [0.2, 0.25) is 0 Å². The molecule has 25 heavy (non-hydrogen) atoms. The number of halogens is 1. The SMILES string of the molecule is Cc1cccnc1OCC(C)(C)C(=O)N[C@H]1CCN(C(=O)O)C[C@@H]1F. The zero-order valence-electron chi connectivity index (χ0n) is 14.7. The predicted molar refractivity (Wildman–Crippen MR) is 89.3 cm³/mol. The fourth-order valence-electron chi connectivity index (χ4n) is 2.54. The number of hydrogen-bond acceptors (Lipinski definition) is 4. The van der Waals surface area contributed by atoms with E-state index in [9.17, 15) is 14.0 Å². The Kier molecular flexibility index (Phi) is 5.81. The van der Waals surface area contributed by atoms with Crippen LogP contribution in [-0.4, -0.2) is 58.9 Å². The van der Waals surface area contributed by atoms with Gasteiger partial charge >= 0.3 is 6.09 Å². The Bertz CT molecular complexity index is 638. The molecule has 1 aliphatic rings. The molecule has 0 saturated carbocycles. The molecule has 0 aromatic carbocycles. The lowest BCUT2D eigenvalue weighted by Crippen LogP contribution is -2.56. The highest BCUT2D eigenvalue weighted by Gasteiger charge is 2.36. The first-order valence-electron chi connectivity index (χ1n) is 8.18. The molecule has 0 aliphatic carbocycles. The Morgan fingerprint density at radius 2 is 2.24 bits per heavy atom. The van der Waals surface area contributed by atoms with E-state index in [0.717, 1.165) is 10.5 Å². The molecule has 0 bridgehead atoms. The number of aromatic nitrogens is 1. The van der Waals surface area contributed by atoms with Crippen LogP contribution < -0.4 is 10.1 Å². The third-order valence-corrected chi connectivity index (χ3v) is 4.27. The molecule has 1 saturated heterocycles. The van der Waals surface area contributed by atoms with Crippen molar-refractivity contribution in [3.8, 4) is 5.88 Å². The van der Waals surface area contributed by atoms with Crippen LogP contribution in [-0.2, 0) is 4.79 Å². The number of nitrogens with one attached hydrogen (secondary N) is 1. The first-order valence-corrected chi connectivity index (χ1v) is 8.18. The van der Waals surface area contributed by atoms with Crippen LogP contribution in [0.5, 0.6) is 5.88 Å². The molecule has 1 aliphatic heterocycles. The summed E-state index contributed by atoms with van der Waals surface area (Å²) in [7, 11) is 0. The number of alkyl halides is 1. The Morgan fingerprint density at radius 1 is 1.52 bits per heavy atom. The normalized spacial score (nSPS) is 20.9. The van der Waals surface area contributed by atoms with Crippen LogP contribution >= 0.6 is 0 Å². The fourth-order valence-corrected chi connectivity index (χ4v) is 2.54. The van der Waals surface area contributed by atoms with Gasteiger partial charge in [-0.25, -0.2) is 14.2 Å². The van der Waals surface area contributed by atoms with Gasteiger partial charge in [0.15, 0.2) is 0 Å². The molecule has 0 spiro atoms. The van der Waals surface area contributed by atoms with E-state index >= 15 is 0 Å². The van der Waals surface area contributed by atoms with Crippen molar-refractivity contribution < 1.29 is 23.8 Å². The van der Waals surface area contributed by atoms with Crippen LogP contribution in [0.3, 0.4) is 0 Å². The number of piperidine rings is 1. The Balaban J connectivity index is 1.90. The third-order valence-electron chi connectivity index (χ3n) is 4.27. The number of aryl methyl sites for hydroxylation is 1. The summed E-state index contributed by atoms with van der Waals surface area (Å²) in [5, 5.41) is 11.6. The number of ether oxygens (including phenoxy) is 1. The lowest BCUT2D eigenvalue weighted by Gasteiger charge is -2.35. The minimum absolute atomic E-state index is 0.0988. The lowest BCUT2D eigenvalue weighted by atomic mass is 9.92. The maximum Gasteiger partial charge on any atom is 0.407 e. The number of nitrogens with zero attached hydrogens (tertiary/aromatic N) is 2. The largest absolute Gasteiger partial charge is 0.476 e. The molecule has 8 heteroatoms. The molecule has 7 nitrogen and oxygen atoms in total. The highest BCUT2D eigenvalue weighted by atomic mass is 19.1. The number of carbonyl (C=O) groups is 2. The topological polar surface area (TPSA) is 91.8 Å². The summed E-state index contributed by atoms with van der Waals surface area (Å²) in [5.41, 5.74) is -0.0169. The van der Waals surface area contributed by atoms with Crippen molar-refractivity contribution in [1.82, 2.24) is 15.2 Å². The minimum atomic E-state index is -1.43. The molecular formula is C17H24FN3O4. The van der Waals surface area contributed by atoms with Crippen LogP contribution in [0.1, 0.15) is 25.8 Å². The van der Waals surface area contributed by atoms with Gasteiger partial charge in [0, 0.05) is 18.3 Å². The average molecular weight is 353 g/mol.